The van der Waals surface area contributed by atoms with Crippen molar-refractivity contribution in [1.82, 2.24) is 25.9 Å². The molecule has 0 fully saturated rings. The molecule has 0 aliphatic heterocycles. The van der Waals surface area contributed by atoms with Crippen LogP contribution in [0.5, 0.6) is 0 Å². The van der Waals surface area contributed by atoms with Gasteiger partial charge in [-0.3, -0.25) is 0 Å². The van der Waals surface area contributed by atoms with Crippen LogP contribution < -0.4 is 5.32 Å². The summed E-state index contributed by atoms with van der Waals surface area (Å²) >= 11 is 0. The minimum Gasteiger partial charge on any atom is -0.458 e. The highest BCUT2D eigenvalue weighted by Gasteiger charge is 2.28. The molecular weight excluding hydrogens is 326 g/mol. The number of carbonyl (C=O) groups excluding carboxylic acids is 2. The number of carbonyl (C=O) groups is 2. The molecule has 9 nitrogen and oxygen atoms in total. The maximum Gasteiger partial charge on any atom is 0.408 e. The second-order valence-corrected chi connectivity index (χ2v) is 6.32. The molecule has 0 radical (unpaired) electrons. The number of hydrogen-bond acceptors (Lipinski definition) is 7. The van der Waals surface area contributed by atoms with Crippen LogP contribution in [0.15, 0.2) is 30.3 Å². The van der Waals surface area contributed by atoms with Crippen LogP contribution >= 0.6 is 0 Å². The standard InChI is InChI=1S/C16H21N5O4/c1-16(2,3)25-14(22)12(9-13-18-20-21-19-13)17-15(23)24-10-11-7-5-4-6-8-11/h4-8,12H,9-10H2,1-3H3,(H,17,23)(H,18,19,20,21)/t12-/m0/s1. The zero-order chi connectivity index (χ0) is 18.3. The van der Waals surface area contributed by atoms with E-state index in [9.17, 15) is 9.59 Å². The van der Waals surface area contributed by atoms with E-state index in [1.807, 2.05) is 30.3 Å². The summed E-state index contributed by atoms with van der Waals surface area (Å²) in [6.45, 7) is 5.31. The van der Waals surface area contributed by atoms with Crippen LogP contribution in [0.4, 0.5) is 4.79 Å². The van der Waals surface area contributed by atoms with Crippen molar-refractivity contribution in [3.8, 4) is 0 Å². The molecule has 0 saturated carbocycles. The number of hydrogen-bond donors (Lipinski definition) is 2. The SMILES string of the molecule is CC(C)(C)OC(=O)[C@H](Cc1nn[nH]n1)NC(=O)OCc1ccccc1. The van der Waals surface area contributed by atoms with Gasteiger partial charge in [-0.05, 0) is 26.3 Å². The van der Waals surface area contributed by atoms with Crippen molar-refractivity contribution >= 4 is 12.1 Å². The van der Waals surface area contributed by atoms with Crippen molar-refractivity contribution in [3.63, 3.8) is 0 Å². The molecule has 1 heterocycles. The zero-order valence-electron chi connectivity index (χ0n) is 14.4. The summed E-state index contributed by atoms with van der Waals surface area (Å²) in [5.41, 5.74) is 0.145. The van der Waals surface area contributed by atoms with Crippen molar-refractivity contribution in [2.45, 2.75) is 45.4 Å². The van der Waals surface area contributed by atoms with Crippen LogP contribution in [0.3, 0.4) is 0 Å². The van der Waals surface area contributed by atoms with Crippen molar-refractivity contribution in [2.75, 3.05) is 0 Å². The van der Waals surface area contributed by atoms with Crippen LogP contribution in [0.25, 0.3) is 0 Å². The molecule has 0 spiro atoms. The summed E-state index contributed by atoms with van der Waals surface area (Å²) in [5, 5.41) is 15.8. The van der Waals surface area contributed by atoms with Gasteiger partial charge < -0.3 is 14.8 Å². The fraction of sp³-hybridized carbons (Fsp3) is 0.438. The number of H-pyrrole nitrogens is 1. The van der Waals surface area contributed by atoms with Gasteiger partial charge in [0.05, 0.1) is 0 Å². The van der Waals surface area contributed by atoms with Gasteiger partial charge in [-0.25, -0.2) is 9.59 Å². The van der Waals surface area contributed by atoms with E-state index >= 15 is 0 Å². The maximum absolute atomic E-state index is 12.3. The fourth-order valence-corrected chi connectivity index (χ4v) is 1.92. The Morgan fingerprint density at radius 1 is 1.24 bits per heavy atom. The number of alkyl carbamates (subject to hydrolysis) is 1. The van der Waals surface area contributed by atoms with Crippen LogP contribution in [0.2, 0.25) is 0 Å². The monoisotopic (exact) mass is 347 g/mol. The van der Waals surface area contributed by atoms with Gasteiger partial charge in [0.25, 0.3) is 0 Å². The summed E-state index contributed by atoms with van der Waals surface area (Å²) in [7, 11) is 0. The lowest BCUT2D eigenvalue weighted by Crippen LogP contribution is -2.45. The minimum atomic E-state index is -0.986. The molecule has 2 N–H and O–H groups in total. The second-order valence-electron chi connectivity index (χ2n) is 6.32. The van der Waals surface area contributed by atoms with Gasteiger partial charge in [-0.2, -0.15) is 5.21 Å². The number of ether oxygens (including phenoxy) is 2. The third kappa shape index (κ3) is 6.58. The lowest BCUT2D eigenvalue weighted by Gasteiger charge is -2.23. The number of tetrazole rings is 1. The number of aromatic amines is 1. The summed E-state index contributed by atoms with van der Waals surface area (Å²) in [4.78, 5) is 24.3. The number of aromatic nitrogens is 4. The van der Waals surface area contributed by atoms with Crippen LogP contribution in [0.1, 0.15) is 32.2 Å². The van der Waals surface area contributed by atoms with Gasteiger partial charge in [0.15, 0.2) is 5.82 Å². The smallest absolute Gasteiger partial charge is 0.408 e. The van der Waals surface area contributed by atoms with Crippen molar-refractivity contribution in [3.05, 3.63) is 41.7 Å². The molecule has 134 valence electrons. The molecule has 2 rings (SSSR count). The Morgan fingerprint density at radius 3 is 2.56 bits per heavy atom. The van der Waals surface area contributed by atoms with Gasteiger partial charge in [-0.1, -0.05) is 35.5 Å². The number of nitrogens with zero attached hydrogens (tertiary/aromatic N) is 3. The first-order valence-electron chi connectivity index (χ1n) is 7.76. The molecule has 25 heavy (non-hydrogen) atoms. The van der Waals surface area contributed by atoms with E-state index in [0.29, 0.717) is 0 Å². The molecule has 1 atom stereocenters. The highest BCUT2D eigenvalue weighted by Crippen LogP contribution is 2.10. The van der Waals surface area contributed by atoms with Crippen molar-refractivity contribution in [2.24, 2.45) is 0 Å². The molecule has 0 saturated heterocycles. The van der Waals surface area contributed by atoms with Crippen LogP contribution in [0, 0.1) is 0 Å². The van der Waals surface area contributed by atoms with Crippen molar-refractivity contribution in [1.29, 1.82) is 0 Å². The predicted molar refractivity (Wildman–Crippen MR) is 87.3 cm³/mol. The van der Waals surface area contributed by atoms with E-state index in [2.05, 4.69) is 25.9 Å². The highest BCUT2D eigenvalue weighted by atomic mass is 16.6. The summed E-state index contributed by atoms with van der Waals surface area (Å²) < 4.78 is 10.5. The van der Waals surface area contributed by atoms with E-state index in [1.54, 1.807) is 20.8 Å². The Kier molecular flexibility index (Phi) is 6.04. The van der Waals surface area contributed by atoms with Gasteiger partial charge in [0, 0.05) is 6.42 Å². The first-order chi connectivity index (χ1) is 11.8. The number of rotatable bonds is 6. The van der Waals surface area contributed by atoms with Gasteiger partial charge >= 0.3 is 12.1 Å². The molecule has 0 unspecified atom stereocenters. The van der Waals surface area contributed by atoms with Gasteiger partial charge in [0.2, 0.25) is 0 Å². The molecule has 1 amide bonds. The second kappa shape index (κ2) is 8.22. The topological polar surface area (TPSA) is 119 Å². The summed E-state index contributed by atoms with van der Waals surface area (Å²) in [5.74, 6) is -0.326. The van der Waals surface area contributed by atoms with E-state index in [-0.39, 0.29) is 18.9 Å². The van der Waals surface area contributed by atoms with Crippen LogP contribution in [-0.4, -0.2) is 44.3 Å². The van der Waals surface area contributed by atoms with E-state index in [4.69, 9.17) is 9.47 Å². The molecule has 0 aliphatic carbocycles. The fourth-order valence-electron chi connectivity index (χ4n) is 1.92. The maximum atomic E-state index is 12.3. The number of benzene rings is 1. The van der Waals surface area contributed by atoms with E-state index in [1.165, 1.54) is 0 Å². The minimum absolute atomic E-state index is 0.0336. The van der Waals surface area contributed by atoms with E-state index in [0.717, 1.165) is 5.56 Å². The number of esters is 1. The Hall–Kier alpha value is -2.97. The molecule has 0 bridgehead atoms. The average Bonchev–Trinajstić information content (AvgIpc) is 3.05. The third-order valence-electron chi connectivity index (χ3n) is 2.97. The molecule has 1 aromatic carbocycles. The third-order valence-corrected chi connectivity index (χ3v) is 2.97. The first-order valence-corrected chi connectivity index (χ1v) is 7.76. The molecule has 0 aliphatic rings. The van der Waals surface area contributed by atoms with Gasteiger partial charge in [0.1, 0.15) is 18.2 Å². The quantitative estimate of drug-likeness (QED) is 0.758. The molecule has 1 aromatic heterocycles. The Labute approximate surface area is 145 Å². The van der Waals surface area contributed by atoms with Crippen molar-refractivity contribution < 1.29 is 19.1 Å². The number of nitrogens with one attached hydrogen (secondary N) is 2. The lowest BCUT2D eigenvalue weighted by molar-refractivity contribution is -0.157. The van der Waals surface area contributed by atoms with E-state index < -0.39 is 23.7 Å². The Morgan fingerprint density at radius 2 is 1.96 bits per heavy atom. The predicted octanol–water partition coefficient (Wildman–Crippen LogP) is 1.38. The normalized spacial score (nSPS) is 12.3. The zero-order valence-corrected chi connectivity index (χ0v) is 14.4. The average molecular weight is 347 g/mol. The highest BCUT2D eigenvalue weighted by molar-refractivity contribution is 5.81. The lowest BCUT2D eigenvalue weighted by atomic mass is 10.1. The molecule has 9 heteroatoms. The Bertz CT molecular complexity index is 682. The first kappa shape index (κ1) is 18.4. The van der Waals surface area contributed by atoms with Gasteiger partial charge in [-0.15, -0.1) is 10.2 Å². The summed E-state index contributed by atoms with van der Waals surface area (Å²) in [6.07, 6.45) is -0.700. The molecule has 2 aromatic rings. The summed E-state index contributed by atoms with van der Waals surface area (Å²) in [6, 6.07) is 8.23. The van der Waals surface area contributed by atoms with Crippen LogP contribution in [-0.2, 0) is 27.3 Å². The number of amides is 1. The Balaban J connectivity index is 1.96. The largest absolute Gasteiger partial charge is 0.458 e. The molecular formula is C16H21N5O4.